The molecule has 0 saturated carbocycles. The minimum Gasteiger partial charge on any atom is -0.462 e. The molecule has 2 rings (SSSR count). The van der Waals surface area contributed by atoms with Crippen molar-refractivity contribution in [2.45, 2.75) is 231 Å². The molecule has 0 spiro atoms. The minimum absolute atomic E-state index is 0.0298. The fraction of sp³-hybridized carbons (Fsp3) is 0.867. The van der Waals surface area contributed by atoms with Gasteiger partial charge in [-0.1, -0.05) is 173 Å². The number of carbonyl (C=O) groups is 2. The molecular weight excluding hydrogens is 817 g/mol. The lowest BCUT2D eigenvalue weighted by molar-refractivity contribution is -0.161. The predicted octanol–water partition coefficient (Wildman–Crippen LogP) is 11.4. The van der Waals surface area contributed by atoms with Gasteiger partial charge in [0.25, 0.3) is 5.56 Å². The summed E-state index contributed by atoms with van der Waals surface area (Å²) in [6.07, 6.45) is 29.1. The average molecular weight is 898 g/mol. The molecule has 356 valence electrons. The van der Waals surface area contributed by atoms with Crippen LogP contribution in [0.15, 0.2) is 20.9 Å². The number of hydrogen-bond donors (Lipinski definition) is 2. The Bertz CT molecular complexity index is 1580. The van der Waals surface area contributed by atoms with Gasteiger partial charge in [-0.25, -0.2) is 9.36 Å². The monoisotopic (exact) mass is 898 g/mol. The highest BCUT2D eigenvalue weighted by Crippen LogP contribution is 2.45. The zero-order valence-corrected chi connectivity index (χ0v) is 39.2. The summed E-state index contributed by atoms with van der Waals surface area (Å²) < 4.78 is 41.4. The maximum absolute atomic E-state index is 13.0. The fourth-order valence-electron chi connectivity index (χ4n) is 7.60. The Labute approximate surface area is 370 Å². The first-order chi connectivity index (χ1) is 30.0. The molecule has 16 nitrogen and oxygen atoms in total. The van der Waals surface area contributed by atoms with Crippen molar-refractivity contribution >= 4 is 19.8 Å². The summed E-state index contributed by atoms with van der Waals surface area (Å²) >= 11 is 0. The number of hydrogen-bond acceptors (Lipinski definition) is 11. The number of nitrogens with one attached hydrogen (secondary N) is 1. The molecule has 5 atom stereocenters. The van der Waals surface area contributed by atoms with E-state index in [1.165, 1.54) is 129 Å². The molecule has 1 aromatic rings. The molecule has 0 radical (unpaired) electrons. The van der Waals surface area contributed by atoms with Gasteiger partial charge in [-0.3, -0.25) is 33.0 Å². The zero-order valence-electron chi connectivity index (χ0n) is 38.3. The lowest BCUT2D eigenvalue weighted by Gasteiger charge is -2.21. The van der Waals surface area contributed by atoms with Crippen LogP contribution in [-0.2, 0) is 37.4 Å². The normalized spacial score (nSPS) is 17.6. The summed E-state index contributed by atoms with van der Waals surface area (Å²) in [6, 6.07) is -0.878. The largest absolute Gasteiger partial charge is 0.472 e. The van der Waals surface area contributed by atoms with E-state index in [2.05, 4.69) is 28.9 Å². The predicted molar refractivity (Wildman–Crippen MR) is 241 cm³/mol. The van der Waals surface area contributed by atoms with Crippen LogP contribution in [0.2, 0.25) is 0 Å². The van der Waals surface area contributed by atoms with Gasteiger partial charge in [0.15, 0.2) is 6.10 Å². The van der Waals surface area contributed by atoms with Gasteiger partial charge in [0.2, 0.25) is 0 Å². The highest BCUT2D eigenvalue weighted by molar-refractivity contribution is 7.47. The van der Waals surface area contributed by atoms with E-state index >= 15 is 0 Å². The number of aromatic amines is 1. The molecule has 1 saturated heterocycles. The molecule has 1 aromatic heterocycles. The quantitative estimate of drug-likeness (QED) is 0.0158. The number of aryl methyl sites for hydroxylation is 1. The van der Waals surface area contributed by atoms with E-state index in [-0.39, 0.29) is 31.4 Å². The third-order valence-corrected chi connectivity index (χ3v) is 12.3. The third-order valence-electron chi connectivity index (χ3n) is 11.4. The van der Waals surface area contributed by atoms with E-state index in [4.69, 9.17) is 28.8 Å². The van der Waals surface area contributed by atoms with Crippen LogP contribution in [0.4, 0.5) is 0 Å². The lowest BCUT2D eigenvalue weighted by atomic mass is 10.0. The third kappa shape index (κ3) is 25.9. The Kier molecular flexibility index (Phi) is 30.6. The summed E-state index contributed by atoms with van der Waals surface area (Å²) in [5, 5.41) is 3.69. The number of aromatic nitrogens is 2. The van der Waals surface area contributed by atoms with E-state index in [0.29, 0.717) is 12.8 Å². The molecule has 1 aliphatic heterocycles. The first-order valence-corrected chi connectivity index (χ1v) is 25.5. The SMILES string of the molecule is CCCCCCCCCCCCCCCC(=O)OC[C@@H](COP(=O)(O)OC[C@H]1O[C@@H](n2cc(C)c(=O)[nH]c2=O)C[C@@H]1N=[N+]=[N-])OC(=O)CCCCCCCCCCCCCCC. The van der Waals surface area contributed by atoms with Crippen molar-refractivity contribution in [3.63, 3.8) is 0 Å². The number of phosphoric ester groups is 1. The van der Waals surface area contributed by atoms with Gasteiger partial charge < -0.3 is 19.1 Å². The molecule has 2 heterocycles. The van der Waals surface area contributed by atoms with E-state index in [0.717, 1.165) is 43.1 Å². The number of ether oxygens (including phenoxy) is 3. The van der Waals surface area contributed by atoms with Crippen LogP contribution in [0.5, 0.6) is 0 Å². The van der Waals surface area contributed by atoms with E-state index < -0.39 is 68.7 Å². The summed E-state index contributed by atoms with van der Waals surface area (Å²) in [7, 11) is -4.81. The van der Waals surface area contributed by atoms with Gasteiger partial charge in [0.05, 0.1) is 25.4 Å². The van der Waals surface area contributed by atoms with E-state index in [9.17, 15) is 28.6 Å². The second kappa shape index (κ2) is 34.4. The molecule has 0 amide bonds. The van der Waals surface area contributed by atoms with Crippen molar-refractivity contribution in [1.82, 2.24) is 9.55 Å². The first kappa shape index (κ1) is 55.1. The van der Waals surface area contributed by atoms with Gasteiger partial charge in [-0.15, -0.1) is 0 Å². The summed E-state index contributed by atoms with van der Waals surface area (Å²) in [5.74, 6) is -0.985. The van der Waals surface area contributed by atoms with Crippen LogP contribution in [0.3, 0.4) is 0 Å². The lowest BCUT2D eigenvalue weighted by Crippen LogP contribution is -2.33. The molecule has 17 heteroatoms. The maximum atomic E-state index is 13.0. The summed E-state index contributed by atoms with van der Waals surface area (Å²) in [5.41, 5.74) is 8.07. The second-order valence-corrected chi connectivity index (χ2v) is 18.4. The topological polar surface area (TPSA) is 221 Å². The van der Waals surface area contributed by atoms with Crippen LogP contribution >= 0.6 is 7.82 Å². The highest BCUT2D eigenvalue weighted by Gasteiger charge is 2.38. The van der Waals surface area contributed by atoms with Crippen molar-refractivity contribution in [1.29, 1.82) is 0 Å². The molecule has 1 unspecified atom stereocenters. The van der Waals surface area contributed by atoms with Crippen molar-refractivity contribution in [2.75, 3.05) is 19.8 Å². The van der Waals surface area contributed by atoms with Gasteiger partial charge >= 0.3 is 25.5 Å². The number of azide groups is 1. The van der Waals surface area contributed by atoms with Crippen LogP contribution in [0, 0.1) is 6.92 Å². The average Bonchev–Trinajstić information content (AvgIpc) is 3.65. The molecule has 0 aliphatic carbocycles. The van der Waals surface area contributed by atoms with Crippen molar-refractivity contribution in [2.24, 2.45) is 5.11 Å². The molecule has 62 heavy (non-hydrogen) atoms. The van der Waals surface area contributed by atoms with E-state index in [1.54, 1.807) is 0 Å². The molecular formula is C45H80N5O11P. The van der Waals surface area contributed by atoms with Crippen molar-refractivity contribution in [3.8, 4) is 0 Å². The minimum atomic E-state index is -4.81. The summed E-state index contributed by atoms with van der Waals surface area (Å²) in [4.78, 5) is 65.4. The van der Waals surface area contributed by atoms with Gasteiger partial charge in [-0.05, 0) is 25.3 Å². The number of carbonyl (C=O) groups excluding carboxylic acids is 2. The molecule has 2 N–H and O–H groups in total. The highest BCUT2D eigenvalue weighted by atomic mass is 31.2. The number of nitrogens with zero attached hydrogens (tertiary/aromatic N) is 4. The van der Waals surface area contributed by atoms with E-state index in [1.807, 2.05) is 0 Å². The Morgan fingerprint density at radius 3 is 1.74 bits per heavy atom. The number of H-pyrrole nitrogens is 1. The Morgan fingerprint density at radius 1 is 0.790 bits per heavy atom. The van der Waals surface area contributed by atoms with Gasteiger partial charge in [0, 0.05) is 35.9 Å². The van der Waals surface area contributed by atoms with Crippen molar-refractivity contribution in [3.05, 3.63) is 43.0 Å². The first-order valence-electron chi connectivity index (χ1n) is 24.0. The van der Waals surface area contributed by atoms with Crippen LogP contribution in [0.25, 0.3) is 10.4 Å². The number of esters is 2. The molecule has 0 aromatic carbocycles. The van der Waals surface area contributed by atoms with Crippen LogP contribution in [0.1, 0.15) is 212 Å². The molecule has 0 bridgehead atoms. The molecule has 1 fully saturated rings. The fourth-order valence-corrected chi connectivity index (χ4v) is 8.36. The number of phosphoric acid groups is 1. The summed E-state index contributed by atoms with van der Waals surface area (Å²) in [6.45, 7) is 4.47. The number of rotatable bonds is 39. The van der Waals surface area contributed by atoms with Gasteiger partial charge in [0.1, 0.15) is 12.8 Å². The maximum Gasteiger partial charge on any atom is 0.472 e. The zero-order chi connectivity index (χ0) is 45.3. The van der Waals surface area contributed by atoms with Crippen LogP contribution < -0.4 is 11.2 Å². The van der Waals surface area contributed by atoms with Crippen molar-refractivity contribution < 1.29 is 42.3 Å². The number of unbranched alkanes of at least 4 members (excludes halogenated alkanes) is 24. The standard InChI is InChI=1S/C45H80N5O11P/c1-4-6-8-10-12-14-16-18-20-22-24-26-28-30-42(51)57-34-38(60-43(52)31-29-27-25-23-21-19-17-15-13-11-9-7-5-2)35-58-62(55,56)59-36-40-39(48-49-46)32-41(61-40)50-33-37(3)44(53)47-45(50)54/h33,38-41H,4-32,34-36H2,1-3H3,(H,55,56)(H,47,53,54)/t38-,39-,40+,41+/m0/s1. The van der Waals surface area contributed by atoms with Crippen LogP contribution in [-0.4, -0.2) is 64.5 Å². The Balaban J connectivity index is 1.82. The van der Waals surface area contributed by atoms with Gasteiger partial charge in [-0.2, -0.15) is 0 Å². The Hall–Kier alpha value is -3.00. The Morgan fingerprint density at radius 2 is 1.26 bits per heavy atom. The second-order valence-electron chi connectivity index (χ2n) is 17.0. The molecule has 1 aliphatic rings. The smallest absolute Gasteiger partial charge is 0.462 e.